The van der Waals surface area contributed by atoms with Crippen molar-refractivity contribution in [2.24, 2.45) is 7.05 Å². The van der Waals surface area contributed by atoms with E-state index < -0.39 is 26.8 Å². The minimum atomic E-state index is -3.84. The Morgan fingerprint density at radius 2 is 1.72 bits per heavy atom. The zero-order valence-electron chi connectivity index (χ0n) is 31.2. The fourth-order valence-corrected chi connectivity index (χ4v) is 10.2. The first-order valence-electron chi connectivity index (χ1n) is 18.9. The van der Waals surface area contributed by atoms with E-state index in [0.717, 1.165) is 71.8 Å². The highest BCUT2D eigenvalue weighted by Gasteiger charge is 2.48. The zero-order valence-corrected chi connectivity index (χ0v) is 32.0. The third-order valence-electron chi connectivity index (χ3n) is 12.1. The number of piperidine rings is 1. The highest BCUT2D eigenvalue weighted by molar-refractivity contribution is 7.90. The van der Waals surface area contributed by atoms with Crippen molar-refractivity contribution in [1.82, 2.24) is 24.0 Å². The highest BCUT2D eigenvalue weighted by atomic mass is 32.2. The van der Waals surface area contributed by atoms with Gasteiger partial charge in [0.2, 0.25) is 10.0 Å². The minimum Gasteiger partial charge on any atom is -0.497 e. The third kappa shape index (κ3) is 6.17. The van der Waals surface area contributed by atoms with Crippen LogP contribution in [0.2, 0.25) is 0 Å². The van der Waals surface area contributed by atoms with Crippen LogP contribution in [0.3, 0.4) is 0 Å². The summed E-state index contributed by atoms with van der Waals surface area (Å²) in [5.41, 5.74) is 6.69. The Kier molecular flexibility index (Phi) is 8.84. The second-order valence-corrected chi connectivity index (χ2v) is 18.3. The van der Waals surface area contributed by atoms with E-state index in [0.29, 0.717) is 42.3 Å². The van der Waals surface area contributed by atoms with Gasteiger partial charge < -0.3 is 19.3 Å². The number of nitrogens with one attached hydrogen (secondary N) is 1. The zero-order chi connectivity index (χ0) is 37.4. The van der Waals surface area contributed by atoms with E-state index in [4.69, 9.17) is 4.74 Å². The smallest absolute Gasteiger partial charge is 0.264 e. The lowest BCUT2D eigenvalue weighted by molar-refractivity contribution is -0.0300. The van der Waals surface area contributed by atoms with E-state index in [9.17, 15) is 23.1 Å². The Labute approximate surface area is 311 Å². The van der Waals surface area contributed by atoms with Crippen LogP contribution in [0.15, 0.2) is 42.6 Å². The first-order valence-corrected chi connectivity index (χ1v) is 20.5. The van der Waals surface area contributed by atoms with Crippen LogP contribution in [0.1, 0.15) is 122 Å². The Hall–Kier alpha value is -4.42. The Balaban J connectivity index is 1.31. The molecule has 11 nitrogen and oxygen atoms in total. The molecule has 53 heavy (non-hydrogen) atoms. The summed E-state index contributed by atoms with van der Waals surface area (Å²) in [7, 11) is -0.328. The molecule has 4 aliphatic rings. The van der Waals surface area contributed by atoms with Gasteiger partial charge in [-0.25, -0.2) is 13.1 Å². The molecule has 1 unspecified atom stereocenters. The maximum absolute atomic E-state index is 14.6. The van der Waals surface area contributed by atoms with Crippen molar-refractivity contribution in [3.8, 4) is 17.0 Å². The maximum Gasteiger partial charge on any atom is 0.264 e. The fourth-order valence-electron chi connectivity index (χ4n) is 9.54. The van der Waals surface area contributed by atoms with Gasteiger partial charge in [0.05, 0.1) is 47.7 Å². The van der Waals surface area contributed by atoms with Gasteiger partial charge >= 0.3 is 0 Å². The number of amides is 2. The van der Waals surface area contributed by atoms with E-state index in [1.165, 1.54) is 12.0 Å². The van der Waals surface area contributed by atoms with Crippen LogP contribution in [0.25, 0.3) is 33.8 Å². The monoisotopic (exact) mass is 739 g/mol. The SMILES string of the molecule is COc1ccc2c(c1)C=C(c1c(C(=O)N3C4CC[C@H]3C[C@@](C)(O)C4)cnn1C)Cn1c-2c(C2CCCCC2)c2ccc(C(=O)NS(=O)(=O)C(C)C)cc21. The molecule has 4 aromatic rings. The van der Waals surface area contributed by atoms with Crippen molar-refractivity contribution in [1.29, 1.82) is 0 Å². The molecule has 2 amide bonds. The largest absolute Gasteiger partial charge is 0.497 e. The molecule has 12 heteroatoms. The number of fused-ring (bicyclic) bond motifs is 7. The van der Waals surface area contributed by atoms with Crippen LogP contribution < -0.4 is 9.46 Å². The van der Waals surface area contributed by atoms with E-state index in [1.54, 1.807) is 37.9 Å². The van der Waals surface area contributed by atoms with E-state index in [1.807, 2.05) is 43.1 Å². The summed E-state index contributed by atoms with van der Waals surface area (Å²) in [6.45, 7) is 5.34. The van der Waals surface area contributed by atoms with E-state index in [-0.39, 0.29) is 23.6 Å². The van der Waals surface area contributed by atoms with Crippen molar-refractivity contribution in [3.63, 3.8) is 0 Å². The summed E-state index contributed by atoms with van der Waals surface area (Å²) < 4.78 is 37.5. The van der Waals surface area contributed by atoms with Crippen LogP contribution in [-0.4, -0.2) is 74.6 Å². The lowest BCUT2D eigenvalue weighted by atomic mass is 9.81. The van der Waals surface area contributed by atoms with Gasteiger partial charge in [-0.05, 0) is 118 Å². The predicted molar refractivity (Wildman–Crippen MR) is 205 cm³/mol. The summed E-state index contributed by atoms with van der Waals surface area (Å²) in [5.74, 6) is 0.282. The Morgan fingerprint density at radius 1 is 1.00 bits per heavy atom. The number of allylic oxidation sites excluding steroid dienone is 1. The lowest BCUT2D eigenvalue weighted by Gasteiger charge is -2.42. The van der Waals surface area contributed by atoms with Gasteiger partial charge in [-0.1, -0.05) is 25.3 Å². The fraction of sp³-hybridized carbons (Fsp3) is 0.488. The number of methoxy groups -OCH3 is 1. The van der Waals surface area contributed by atoms with E-state index >= 15 is 0 Å². The number of hydrogen-bond acceptors (Lipinski definition) is 7. The number of carbonyl (C=O) groups is 2. The van der Waals surface area contributed by atoms with Crippen molar-refractivity contribution >= 4 is 44.4 Å². The Bertz CT molecular complexity index is 2260. The molecule has 0 spiro atoms. The maximum atomic E-state index is 14.6. The number of sulfonamides is 1. The molecule has 1 saturated carbocycles. The van der Waals surface area contributed by atoms with Gasteiger partial charge in [0, 0.05) is 41.2 Å². The molecule has 3 fully saturated rings. The molecule has 5 heterocycles. The quantitative estimate of drug-likeness (QED) is 0.217. The standard InChI is InChI=1S/C41H49N5O6S/c1-24(2)53(50,51)43-39(47)26-11-15-33-35(19-26)45-23-28(17-27-18-31(52-5)14-16-32(27)38(45)36(33)25-9-7-6-8-10-25)37-34(22-42-44(37)4)40(48)46-29-12-13-30(46)21-41(3,49)20-29/h11,14-19,22,24-25,29-30,49H,6-10,12-13,20-21,23H2,1-5H3,(H,43,47)/t29-,30?,41+/m0/s1. The summed E-state index contributed by atoms with van der Waals surface area (Å²) >= 11 is 0. The molecular formula is C41H49N5O6S. The predicted octanol–water partition coefficient (Wildman–Crippen LogP) is 6.64. The number of aryl methyl sites for hydroxylation is 1. The van der Waals surface area contributed by atoms with Gasteiger partial charge in [-0.3, -0.25) is 14.3 Å². The molecule has 8 rings (SSSR count). The second kappa shape index (κ2) is 13.2. The first kappa shape index (κ1) is 35.6. The molecule has 3 atom stereocenters. The molecule has 2 aromatic heterocycles. The molecule has 2 bridgehead atoms. The average Bonchev–Trinajstić information content (AvgIpc) is 3.72. The van der Waals surface area contributed by atoms with Crippen LogP contribution >= 0.6 is 0 Å². The topological polar surface area (TPSA) is 136 Å². The molecule has 3 aliphatic heterocycles. The molecule has 280 valence electrons. The van der Waals surface area contributed by atoms with Crippen molar-refractivity contribution in [2.75, 3.05) is 7.11 Å². The molecule has 2 saturated heterocycles. The summed E-state index contributed by atoms with van der Waals surface area (Å²) in [6, 6.07) is 11.6. The van der Waals surface area contributed by atoms with Crippen molar-refractivity contribution in [2.45, 2.75) is 114 Å². The van der Waals surface area contributed by atoms with Crippen LogP contribution in [0.5, 0.6) is 5.75 Å². The van der Waals surface area contributed by atoms with Crippen LogP contribution in [0.4, 0.5) is 0 Å². The first-order chi connectivity index (χ1) is 25.3. The van der Waals surface area contributed by atoms with Crippen LogP contribution in [-0.2, 0) is 23.6 Å². The third-order valence-corrected chi connectivity index (χ3v) is 13.8. The lowest BCUT2D eigenvalue weighted by Crippen LogP contribution is -2.52. The van der Waals surface area contributed by atoms with E-state index in [2.05, 4.69) is 26.5 Å². The number of aliphatic hydroxyl groups is 1. The van der Waals surface area contributed by atoms with Gasteiger partial charge in [-0.2, -0.15) is 5.10 Å². The average molecular weight is 740 g/mol. The van der Waals surface area contributed by atoms with Gasteiger partial charge in [0.25, 0.3) is 11.8 Å². The normalized spacial score (nSPS) is 23.1. The number of carbonyl (C=O) groups excluding carboxylic acids is 2. The summed E-state index contributed by atoms with van der Waals surface area (Å²) in [5, 5.41) is 15.9. The van der Waals surface area contributed by atoms with Crippen molar-refractivity contribution in [3.05, 3.63) is 70.5 Å². The Morgan fingerprint density at radius 3 is 2.40 bits per heavy atom. The molecule has 0 radical (unpaired) electrons. The number of nitrogens with zero attached hydrogens (tertiary/aromatic N) is 4. The molecule has 2 N–H and O–H groups in total. The highest BCUT2D eigenvalue weighted by Crippen LogP contribution is 2.48. The van der Waals surface area contributed by atoms with Crippen molar-refractivity contribution < 1.29 is 27.9 Å². The summed E-state index contributed by atoms with van der Waals surface area (Å²) in [4.78, 5) is 30.1. The number of benzene rings is 2. The molecule has 2 aromatic carbocycles. The van der Waals surface area contributed by atoms with Gasteiger partial charge in [0.15, 0.2) is 0 Å². The van der Waals surface area contributed by atoms with Crippen LogP contribution in [0, 0.1) is 0 Å². The van der Waals surface area contributed by atoms with Gasteiger partial charge in [0.1, 0.15) is 5.75 Å². The number of hydrogen-bond donors (Lipinski definition) is 2. The second-order valence-electron chi connectivity index (χ2n) is 16.1. The minimum absolute atomic E-state index is 0.0282. The molecular weight excluding hydrogens is 691 g/mol. The molecule has 1 aliphatic carbocycles. The number of ether oxygens (including phenoxy) is 1. The van der Waals surface area contributed by atoms with Gasteiger partial charge in [-0.15, -0.1) is 0 Å². The number of rotatable bonds is 7. The number of aromatic nitrogens is 3. The summed E-state index contributed by atoms with van der Waals surface area (Å²) in [6.07, 6.45) is 12.2.